The minimum atomic E-state index is -0.443. The molecule has 4 atom stereocenters. The van der Waals surface area contributed by atoms with Gasteiger partial charge in [0.25, 0.3) is 0 Å². The molecule has 88 valence electrons. The van der Waals surface area contributed by atoms with E-state index in [1.165, 1.54) is 6.42 Å². The van der Waals surface area contributed by atoms with Crippen LogP contribution in [-0.4, -0.2) is 44.2 Å². The molecule has 16 heavy (non-hydrogen) atoms. The van der Waals surface area contributed by atoms with Crippen molar-refractivity contribution in [3.05, 3.63) is 0 Å². The maximum Gasteiger partial charge on any atom is 0.169 e. The molecule has 0 radical (unpaired) electrons. The second kappa shape index (κ2) is 3.82. The van der Waals surface area contributed by atoms with Gasteiger partial charge < -0.3 is 19.0 Å². The van der Waals surface area contributed by atoms with Gasteiger partial charge >= 0.3 is 0 Å². The normalized spacial score (nSPS) is 45.8. The first-order valence-electron chi connectivity index (χ1n) is 6.20. The van der Waals surface area contributed by atoms with Crippen LogP contribution < -0.4 is 0 Å². The number of fused-ring (bicyclic) bond motifs is 1. The summed E-state index contributed by atoms with van der Waals surface area (Å²) >= 11 is 0. The summed E-state index contributed by atoms with van der Waals surface area (Å²) in [4.78, 5) is 10.9. The molecule has 1 saturated carbocycles. The summed E-state index contributed by atoms with van der Waals surface area (Å²) in [7, 11) is 1.95. The number of rotatable bonds is 1. The van der Waals surface area contributed by atoms with Gasteiger partial charge in [-0.3, -0.25) is 0 Å². The van der Waals surface area contributed by atoms with Crippen LogP contribution in [0.3, 0.4) is 0 Å². The van der Waals surface area contributed by atoms with Gasteiger partial charge in [0.2, 0.25) is 0 Å². The standard InChI is InChI=1S/C11H17BO4/c12-10-9-8(7(6-13)14-10)15-11(16-9)4-2-1-3-5-11/h6-10H,1-5,12H2/t7?,8-,9-,10?/m1/s1. The van der Waals surface area contributed by atoms with E-state index < -0.39 is 11.9 Å². The summed E-state index contributed by atoms with van der Waals surface area (Å²) in [5.41, 5.74) is 0. The highest BCUT2D eigenvalue weighted by Crippen LogP contribution is 2.44. The first kappa shape index (κ1) is 10.7. The van der Waals surface area contributed by atoms with Crippen LogP contribution in [0.4, 0.5) is 0 Å². The third-order valence-electron chi connectivity index (χ3n) is 3.93. The third kappa shape index (κ3) is 1.53. The van der Waals surface area contributed by atoms with Gasteiger partial charge in [0.05, 0.1) is 6.00 Å². The topological polar surface area (TPSA) is 44.8 Å². The van der Waals surface area contributed by atoms with Crippen molar-refractivity contribution in [1.29, 1.82) is 0 Å². The van der Waals surface area contributed by atoms with Crippen LogP contribution in [0.5, 0.6) is 0 Å². The SMILES string of the molecule is BC1OC(C=O)[C@H]2OC3(CCCCC3)O[C@@H]12. The second-order valence-electron chi connectivity index (χ2n) is 5.08. The summed E-state index contributed by atoms with van der Waals surface area (Å²) in [6.07, 6.45) is 5.62. The fraction of sp³-hybridized carbons (Fsp3) is 0.909. The average molecular weight is 224 g/mol. The predicted molar refractivity (Wildman–Crippen MR) is 58.8 cm³/mol. The van der Waals surface area contributed by atoms with Gasteiger partial charge in [-0.1, -0.05) is 6.42 Å². The molecule has 0 aromatic carbocycles. The minimum absolute atomic E-state index is 0.0403. The van der Waals surface area contributed by atoms with Gasteiger partial charge in [-0.2, -0.15) is 0 Å². The molecule has 0 aromatic rings. The van der Waals surface area contributed by atoms with E-state index in [9.17, 15) is 4.79 Å². The van der Waals surface area contributed by atoms with E-state index in [1.54, 1.807) is 0 Å². The Hall–Kier alpha value is -0.385. The summed E-state index contributed by atoms with van der Waals surface area (Å²) < 4.78 is 17.6. The van der Waals surface area contributed by atoms with Crippen molar-refractivity contribution >= 4 is 14.1 Å². The predicted octanol–water partition coefficient (Wildman–Crippen LogP) is -0.0123. The number of hydrogen-bond donors (Lipinski definition) is 0. The number of carbonyl (C=O) groups is 1. The Labute approximate surface area is 96.0 Å². The molecule has 2 aliphatic heterocycles. The van der Waals surface area contributed by atoms with Gasteiger partial charge in [0.15, 0.2) is 12.1 Å². The lowest BCUT2D eigenvalue weighted by molar-refractivity contribution is -0.216. The summed E-state index contributed by atoms with van der Waals surface area (Å²) in [6.45, 7) is 0. The van der Waals surface area contributed by atoms with E-state index in [2.05, 4.69) is 0 Å². The Morgan fingerprint density at radius 3 is 2.50 bits per heavy atom. The second-order valence-corrected chi connectivity index (χ2v) is 5.08. The summed E-state index contributed by atoms with van der Waals surface area (Å²) in [5, 5.41) is 0. The van der Waals surface area contributed by atoms with Crippen LogP contribution in [0.25, 0.3) is 0 Å². The van der Waals surface area contributed by atoms with Gasteiger partial charge in [-0.15, -0.1) is 0 Å². The van der Waals surface area contributed by atoms with E-state index in [0.29, 0.717) is 0 Å². The van der Waals surface area contributed by atoms with E-state index >= 15 is 0 Å². The Morgan fingerprint density at radius 1 is 1.12 bits per heavy atom. The van der Waals surface area contributed by atoms with Gasteiger partial charge in [0, 0.05) is 12.8 Å². The largest absolute Gasteiger partial charge is 0.371 e. The molecule has 5 heteroatoms. The Kier molecular flexibility index (Phi) is 2.57. The zero-order chi connectivity index (χ0) is 11.2. The molecule has 4 nitrogen and oxygen atoms in total. The van der Waals surface area contributed by atoms with E-state index in [4.69, 9.17) is 14.2 Å². The fourth-order valence-electron chi connectivity index (χ4n) is 3.11. The molecule has 3 aliphatic rings. The quantitative estimate of drug-likeness (QED) is 0.464. The lowest BCUT2D eigenvalue weighted by Gasteiger charge is -2.33. The Morgan fingerprint density at radius 2 is 1.81 bits per heavy atom. The van der Waals surface area contributed by atoms with E-state index in [1.807, 2.05) is 7.85 Å². The van der Waals surface area contributed by atoms with Crippen molar-refractivity contribution < 1.29 is 19.0 Å². The van der Waals surface area contributed by atoms with Crippen molar-refractivity contribution in [1.82, 2.24) is 0 Å². The zero-order valence-electron chi connectivity index (χ0n) is 9.56. The van der Waals surface area contributed by atoms with Crippen molar-refractivity contribution in [2.75, 3.05) is 0 Å². The van der Waals surface area contributed by atoms with Crippen LogP contribution in [0, 0.1) is 0 Å². The summed E-state index contributed by atoms with van der Waals surface area (Å²) in [5.74, 6) is -0.410. The monoisotopic (exact) mass is 224 g/mol. The van der Waals surface area contributed by atoms with Crippen LogP contribution in [0.2, 0.25) is 0 Å². The molecule has 0 amide bonds. The van der Waals surface area contributed by atoms with Crippen molar-refractivity contribution in [3.63, 3.8) is 0 Å². The first-order chi connectivity index (χ1) is 7.74. The maximum atomic E-state index is 10.9. The molecular formula is C11H17BO4. The highest BCUT2D eigenvalue weighted by atomic mass is 16.8. The molecule has 2 unspecified atom stereocenters. The average Bonchev–Trinajstić information content (AvgIpc) is 2.78. The van der Waals surface area contributed by atoms with Gasteiger partial charge in [0.1, 0.15) is 26.2 Å². The van der Waals surface area contributed by atoms with Crippen LogP contribution in [0.15, 0.2) is 0 Å². The van der Waals surface area contributed by atoms with Crippen LogP contribution >= 0.6 is 0 Å². The van der Waals surface area contributed by atoms with Crippen molar-refractivity contribution in [3.8, 4) is 0 Å². The van der Waals surface area contributed by atoms with Crippen molar-refractivity contribution in [2.24, 2.45) is 0 Å². The van der Waals surface area contributed by atoms with Crippen molar-refractivity contribution in [2.45, 2.75) is 62.2 Å². The number of hydrogen-bond acceptors (Lipinski definition) is 4. The van der Waals surface area contributed by atoms with Gasteiger partial charge in [-0.05, 0) is 12.8 Å². The molecule has 3 fully saturated rings. The molecule has 0 aromatic heterocycles. The Bertz CT molecular complexity index is 290. The molecule has 2 heterocycles. The summed E-state index contributed by atoms with van der Waals surface area (Å²) in [6, 6.07) is -0.0403. The highest BCUT2D eigenvalue weighted by molar-refractivity contribution is 6.11. The molecule has 1 spiro atoms. The molecule has 2 saturated heterocycles. The molecule has 1 aliphatic carbocycles. The van der Waals surface area contributed by atoms with E-state index in [0.717, 1.165) is 32.0 Å². The molecule has 0 N–H and O–H groups in total. The fourth-order valence-corrected chi connectivity index (χ4v) is 3.11. The zero-order valence-corrected chi connectivity index (χ0v) is 9.56. The Balaban J connectivity index is 1.78. The lowest BCUT2D eigenvalue weighted by Crippen LogP contribution is -2.37. The highest BCUT2D eigenvalue weighted by Gasteiger charge is 2.56. The minimum Gasteiger partial charge on any atom is -0.371 e. The maximum absolute atomic E-state index is 10.9. The van der Waals surface area contributed by atoms with Crippen LogP contribution in [-0.2, 0) is 19.0 Å². The number of carbonyl (C=O) groups excluding carboxylic acids is 1. The smallest absolute Gasteiger partial charge is 0.169 e. The number of ether oxygens (including phenoxy) is 3. The lowest BCUT2D eigenvalue weighted by atomic mass is 9.92. The number of aldehydes is 1. The molecule has 0 bridgehead atoms. The molecule has 3 rings (SSSR count). The molecular weight excluding hydrogens is 207 g/mol. The first-order valence-corrected chi connectivity index (χ1v) is 6.20. The van der Waals surface area contributed by atoms with Crippen LogP contribution in [0.1, 0.15) is 32.1 Å². The third-order valence-corrected chi connectivity index (χ3v) is 3.93. The van der Waals surface area contributed by atoms with Gasteiger partial charge in [-0.25, -0.2) is 0 Å². The van der Waals surface area contributed by atoms with E-state index in [-0.39, 0.29) is 18.2 Å².